The molecule has 0 radical (unpaired) electrons. The van der Waals surface area contributed by atoms with Gasteiger partial charge < -0.3 is 10.7 Å². The summed E-state index contributed by atoms with van der Waals surface area (Å²) in [6.07, 6.45) is 0. The molecule has 3 N–H and O–H groups in total. The molecular formula is C6H4ClN3O. The number of anilines is 1. The number of nitrogen functional groups attached to an aromatic ring is 1. The van der Waals surface area contributed by atoms with E-state index in [1.165, 1.54) is 6.07 Å². The molecule has 0 spiro atoms. The second-order valence-electron chi connectivity index (χ2n) is 1.89. The van der Waals surface area contributed by atoms with Crippen LogP contribution in [0.5, 0.6) is 0 Å². The molecular weight excluding hydrogens is 166 g/mol. The van der Waals surface area contributed by atoms with Crippen molar-refractivity contribution in [1.29, 1.82) is 5.26 Å². The van der Waals surface area contributed by atoms with Crippen molar-refractivity contribution in [2.24, 2.45) is 0 Å². The summed E-state index contributed by atoms with van der Waals surface area (Å²) < 4.78 is 0. The van der Waals surface area contributed by atoms with E-state index in [9.17, 15) is 4.79 Å². The Hall–Kier alpha value is -1.47. The lowest BCUT2D eigenvalue weighted by Gasteiger charge is -1.94. The van der Waals surface area contributed by atoms with Gasteiger partial charge in [0.15, 0.2) is 0 Å². The zero-order chi connectivity index (χ0) is 8.43. The molecule has 0 saturated carbocycles. The minimum Gasteiger partial charge on any atom is -0.397 e. The van der Waals surface area contributed by atoms with Crippen molar-refractivity contribution in [2.45, 2.75) is 0 Å². The highest BCUT2D eigenvalue weighted by atomic mass is 35.5. The highest BCUT2D eigenvalue weighted by Crippen LogP contribution is 2.09. The van der Waals surface area contributed by atoms with Gasteiger partial charge in [-0.15, -0.1) is 0 Å². The van der Waals surface area contributed by atoms with Crippen LogP contribution in [0, 0.1) is 11.3 Å². The number of nitrogens with zero attached hydrogens (tertiary/aromatic N) is 1. The number of nitrogens with two attached hydrogens (primary N) is 1. The minimum absolute atomic E-state index is 0.0984. The number of hydrogen-bond donors (Lipinski definition) is 2. The number of nitrogens with one attached hydrogen (secondary N) is 1. The Bertz CT molecular complexity index is 376. The molecule has 0 aliphatic heterocycles. The van der Waals surface area contributed by atoms with E-state index >= 15 is 0 Å². The highest BCUT2D eigenvalue weighted by molar-refractivity contribution is 6.29. The van der Waals surface area contributed by atoms with Gasteiger partial charge in [-0.2, -0.15) is 5.26 Å². The van der Waals surface area contributed by atoms with E-state index in [4.69, 9.17) is 22.6 Å². The normalized spacial score (nSPS) is 9.09. The van der Waals surface area contributed by atoms with E-state index in [1.807, 2.05) is 0 Å². The van der Waals surface area contributed by atoms with E-state index in [0.29, 0.717) is 0 Å². The lowest BCUT2D eigenvalue weighted by Crippen LogP contribution is -2.12. The van der Waals surface area contributed by atoms with Crippen LogP contribution in [0.2, 0.25) is 5.15 Å². The third-order valence-electron chi connectivity index (χ3n) is 1.14. The lowest BCUT2D eigenvalue weighted by molar-refractivity contribution is 1.22. The number of aromatic amines is 1. The molecule has 4 nitrogen and oxygen atoms in total. The van der Waals surface area contributed by atoms with Crippen molar-refractivity contribution in [3.05, 3.63) is 27.1 Å². The molecule has 0 unspecified atom stereocenters. The Kier molecular flexibility index (Phi) is 1.83. The van der Waals surface area contributed by atoms with Gasteiger partial charge in [0.2, 0.25) is 0 Å². The molecule has 0 aliphatic rings. The van der Waals surface area contributed by atoms with E-state index in [0.717, 1.165) is 0 Å². The fraction of sp³-hybridized carbons (Fsp3) is 0. The molecule has 1 aromatic heterocycles. The molecule has 0 saturated heterocycles. The zero-order valence-corrected chi connectivity index (χ0v) is 6.14. The number of pyridine rings is 1. The average molecular weight is 170 g/mol. The maximum Gasteiger partial charge on any atom is 0.269 e. The number of halogens is 1. The highest BCUT2D eigenvalue weighted by Gasteiger charge is 2.03. The monoisotopic (exact) mass is 169 g/mol. The Morgan fingerprint density at radius 1 is 1.73 bits per heavy atom. The third kappa shape index (κ3) is 1.33. The first-order valence-corrected chi connectivity index (χ1v) is 3.11. The number of aromatic nitrogens is 1. The molecule has 56 valence electrons. The van der Waals surface area contributed by atoms with Gasteiger partial charge in [0.1, 0.15) is 16.8 Å². The van der Waals surface area contributed by atoms with Crippen LogP contribution in [0.25, 0.3) is 0 Å². The largest absolute Gasteiger partial charge is 0.397 e. The van der Waals surface area contributed by atoms with Gasteiger partial charge in [0.25, 0.3) is 5.56 Å². The Labute approximate surface area is 67.2 Å². The van der Waals surface area contributed by atoms with Crippen molar-refractivity contribution >= 4 is 17.3 Å². The minimum atomic E-state index is -0.558. The number of hydrogen-bond acceptors (Lipinski definition) is 3. The van der Waals surface area contributed by atoms with Crippen LogP contribution in [0.15, 0.2) is 10.9 Å². The molecule has 1 rings (SSSR count). The third-order valence-corrected chi connectivity index (χ3v) is 1.35. The summed E-state index contributed by atoms with van der Waals surface area (Å²) in [6, 6.07) is 2.98. The molecule has 1 aromatic rings. The van der Waals surface area contributed by atoms with Crippen molar-refractivity contribution in [1.82, 2.24) is 4.98 Å². The molecule has 0 atom stereocenters. The molecule has 0 bridgehead atoms. The first kappa shape index (κ1) is 7.63. The number of H-pyrrole nitrogens is 1. The lowest BCUT2D eigenvalue weighted by atomic mass is 10.2. The summed E-state index contributed by atoms with van der Waals surface area (Å²) >= 11 is 5.43. The summed E-state index contributed by atoms with van der Waals surface area (Å²) in [6.45, 7) is 0. The van der Waals surface area contributed by atoms with Crippen LogP contribution in [0.1, 0.15) is 5.56 Å². The van der Waals surface area contributed by atoms with Crippen LogP contribution >= 0.6 is 11.6 Å². The van der Waals surface area contributed by atoms with Gasteiger partial charge in [-0.25, -0.2) is 0 Å². The molecule has 11 heavy (non-hydrogen) atoms. The second-order valence-corrected chi connectivity index (χ2v) is 2.30. The Morgan fingerprint density at radius 3 is 2.82 bits per heavy atom. The average Bonchev–Trinajstić information content (AvgIpc) is 1.85. The van der Waals surface area contributed by atoms with E-state index in [1.54, 1.807) is 6.07 Å². The van der Waals surface area contributed by atoms with Crippen molar-refractivity contribution < 1.29 is 0 Å². The van der Waals surface area contributed by atoms with Crippen LogP contribution in [-0.4, -0.2) is 4.98 Å². The summed E-state index contributed by atoms with van der Waals surface area (Å²) in [5.41, 5.74) is 4.74. The maximum atomic E-state index is 10.8. The molecule has 1 heterocycles. The van der Waals surface area contributed by atoms with Gasteiger partial charge in [-0.05, 0) is 6.07 Å². The second kappa shape index (κ2) is 2.64. The predicted molar refractivity (Wildman–Crippen MR) is 41.2 cm³/mol. The molecule has 0 aliphatic carbocycles. The summed E-state index contributed by atoms with van der Waals surface area (Å²) in [5, 5.41) is 8.53. The van der Waals surface area contributed by atoms with Crippen LogP contribution < -0.4 is 11.3 Å². The standard InChI is InChI=1S/C6H4ClN3O/c7-5-1-4(9)3(2-8)6(11)10-5/h1H,(H3,9,10,11). The van der Waals surface area contributed by atoms with Gasteiger partial charge in [0, 0.05) is 0 Å². The summed E-state index contributed by atoms with van der Waals surface area (Å²) in [7, 11) is 0. The SMILES string of the molecule is N#Cc1c(N)cc(Cl)[nH]c1=O. The van der Waals surface area contributed by atoms with Crippen molar-refractivity contribution in [3.8, 4) is 6.07 Å². The Balaban J connectivity index is 3.53. The molecule has 0 fully saturated rings. The van der Waals surface area contributed by atoms with E-state index in [2.05, 4.69) is 4.98 Å². The summed E-state index contributed by atoms with van der Waals surface area (Å²) in [5.74, 6) is 0. The van der Waals surface area contributed by atoms with Gasteiger partial charge in [-0.3, -0.25) is 4.79 Å². The van der Waals surface area contributed by atoms with Crippen molar-refractivity contribution in [2.75, 3.05) is 5.73 Å². The van der Waals surface area contributed by atoms with E-state index < -0.39 is 5.56 Å². The van der Waals surface area contributed by atoms with Gasteiger partial charge in [-0.1, -0.05) is 11.6 Å². The fourth-order valence-corrected chi connectivity index (χ4v) is 0.866. The van der Waals surface area contributed by atoms with Gasteiger partial charge in [0.05, 0.1) is 5.69 Å². The smallest absolute Gasteiger partial charge is 0.269 e. The van der Waals surface area contributed by atoms with Crippen molar-refractivity contribution in [3.63, 3.8) is 0 Å². The number of nitriles is 1. The quantitative estimate of drug-likeness (QED) is 0.555. The van der Waals surface area contributed by atoms with Crippen LogP contribution in [-0.2, 0) is 0 Å². The predicted octanol–water partition coefficient (Wildman–Crippen LogP) is 0.482. The first-order valence-electron chi connectivity index (χ1n) is 2.73. The topological polar surface area (TPSA) is 82.7 Å². The molecule has 0 aromatic carbocycles. The van der Waals surface area contributed by atoms with E-state index in [-0.39, 0.29) is 16.4 Å². The Morgan fingerprint density at radius 2 is 2.36 bits per heavy atom. The van der Waals surface area contributed by atoms with Gasteiger partial charge >= 0.3 is 0 Å². The van der Waals surface area contributed by atoms with Crippen LogP contribution in [0.3, 0.4) is 0 Å². The van der Waals surface area contributed by atoms with Crippen LogP contribution in [0.4, 0.5) is 5.69 Å². The fourth-order valence-electron chi connectivity index (χ4n) is 0.662. The first-order chi connectivity index (χ1) is 5.15. The summed E-state index contributed by atoms with van der Waals surface area (Å²) in [4.78, 5) is 13.1. The zero-order valence-electron chi connectivity index (χ0n) is 5.39. The molecule has 0 amide bonds. The maximum absolute atomic E-state index is 10.8. The number of rotatable bonds is 0. The molecule has 5 heteroatoms.